The Kier molecular flexibility index (Phi) is 12.3. The number of anilines is 3. The summed E-state index contributed by atoms with van der Waals surface area (Å²) in [6, 6.07) is 79.4. The third kappa shape index (κ3) is 8.05. The van der Waals surface area contributed by atoms with E-state index in [1.165, 1.54) is 36.4 Å². The second-order valence-electron chi connectivity index (χ2n) is 21.7. The highest BCUT2D eigenvalue weighted by atomic mass is 19.1. The third-order valence-electron chi connectivity index (χ3n) is 17.1. The molecule has 2 unspecified atom stereocenters. The normalized spacial score (nSPS) is 15.4. The Hall–Kier alpha value is -11.0. The molecule has 0 radical (unpaired) electrons. The van der Waals surface area contributed by atoms with Crippen molar-refractivity contribution >= 4 is 51.2 Å². The molecular weight excluding hydrogens is 1070 g/mol. The molecule has 2 aliphatic carbocycles. The first-order valence-electron chi connectivity index (χ1n) is 28.3. The van der Waals surface area contributed by atoms with Crippen molar-refractivity contribution in [3.63, 3.8) is 0 Å². The summed E-state index contributed by atoms with van der Waals surface area (Å²) in [6.07, 6.45) is 3.52. The molecule has 86 heavy (non-hydrogen) atoms. The first kappa shape index (κ1) is 51.9. The van der Waals surface area contributed by atoms with E-state index in [0.29, 0.717) is 84.6 Å². The van der Waals surface area contributed by atoms with Gasteiger partial charge in [-0.15, -0.1) is 0 Å². The van der Waals surface area contributed by atoms with Gasteiger partial charge < -0.3 is 18.8 Å². The lowest BCUT2D eigenvalue weighted by Crippen LogP contribution is -2.31. The Morgan fingerprint density at radius 2 is 0.709 bits per heavy atom. The molecule has 8 heteroatoms. The van der Waals surface area contributed by atoms with Gasteiger partial charge in [-0.2, -0.15) is 0 Å². The molecule has 0 amide bonds. The Labute approximate surface area is 494 Å². The Morgan fingerprint density at radius 3 is 1.16 bits per heavy atom. The summed E-state index contributed by atoms with van der Waals surface area (Å²) in [7, 11) is 0. The standard InChI is InChI=1S/C78H49F4NO3/c1-3-48-23-34-55(35-24-48)84-57-38-27-50(28-39-57)77(75-69(79)18-11-19-70(75)80)65-16-8-5-13-59(65)61-42-31-52(45-67(61)77)83(54-33-44-64-63-15-7-10-22-73(63)86-74(64)47-54)53-32-43-62-60-14-6-9-17-66(60)78(68(62)46-53,76-71(81)20-12-21-72(76)82)51-29-40-58(41-30-51)85-56-36-25-49(4-2)26-37-56/h3-47H,1-2H2. The molecule has 0 saturated carbocycles. The largest absolute Gasteiger partial charge is 0.457 e. The lowest BCUT2D eigenvalue weighted by molar-refractivity contribution is 0.481. The van der Waals surface area contributed by atoms with E-state index < -0.39 is 34.1 Å². The van der Waals surface area contributed by atoms with Crippen molar-refractivity contribution in [2.75, 3.05) is 4.90 Å². The molecule has 0 aliphatic heterocycles. The number of ether oxygens (including phenoxy) is 2. The molecule has 0 fully saturated rings. The molecule has 2 aliphatic rings. The van der Waals surface area contributed by atoms with E-state index in [2.05, 4.69) is 18.1 Å². The smallest absolute Gasteiger partial charge is 0.137 e. The van der Waals surface area contributed by atoms with Gasteiger partial charge >= 0.3 is 0 Å². The maximum absolute atomic E-state index is 17.3. The average molecular weight is 1120 g/mol. The summed E-state index contributed by atoms with van der Waals surface area (Å²) in [5.74, 6) is -0.590. The highest BCUT2D eigenvalue weighted by Crippen LogP contribution is 2.61. The molecule has 0 spiro atoms. The zero-order chi connectivity index (χ0) is 58.3. The van der Waals surface area contributed by atoms with E-state index in [4.69, 9.17) is 13.9 Å². The zero-order valence-corrected chi connectivity index (χ0v) is 46.1. The number of benzene rings is 12. The van der Waals surface area contributed by atoms with E-state index in [9.17, 15) is 0 Å². The van der Waals surface area contributed by atoms with Crippen LogP contribution in [0.4, 0.5) is 34.6 Å². The fraction of sp³-hybridized carbons (Fsp3) is 0.0256. The topological polar surface area (TPSA) is 34.8 Å². The number of furan rings is 1. The monoisotopic (exact) mass is 1120 g/mol. The lowest BCUT2D eigenvalue weighted by Gasteiger charge is -2.36. The van der Waals surface area contributed by atoms with Crippen molar-refractivity contribution < 1.29 is 31.5 Å². The second-order valence-corrected chi connectivity index (χ2v) is 21.7. The fourth-order valence-electron chi connectivity index (χ4n) is 13.4. The van der Waals surface area contributed by atoms with Crippen LogP contribution in [0.15, 0.2) is 278 Å². The molecule has 12 aromatic carbocycles. The number of nitrogens with zero attached hydrogens (tertiary/aromatic N) is 1. The van der Waals surface area contributed by atoms with Crippen LogP contribution in [-0.4, -0.2) is 0 Å². The Morgan fingerprint density at radius 1 is 0.337 bits per heavy atom. The first-order valence-corrected chi connectivity index (χ1v) is 28.3. The van der Waals surface area contributed by atoms with E-state index in [1.54, 1.807) is 12.2 Å². The number of hydrogen-bond acceptors (Lipinski definition) is 4. The minimum Gasteiger partial charge on any atom is -0.457 e. The summed E-state index contributed by atoms with van der Waals surface area (Å²) < 4.78 is 88.5. The van der Waals surface area contributed by atoms with Crippen molar-refractivity contribution in [3.05, 3.63) is 353 Å². The van der Waals surface area contributed by atoms with Gasteiger partial charge in [-0.3, -0.25) is 0 Å². The molecule has 4 nitrogen and oxygen atoms in total. The maximum atomic E-state index is 17.3. The number of rotatable bonds is 13. The molecule has 0 saturated heterocycles. The summed E-state index contributed by atoms with van der Waals surface area (Å²) in [5, 5.41) is 1.85. The molecule has 0 bridgehead atoms. The van der Waals surface area contributed by atoms with Gasteiger partial charge in [-0.25, -0.2) is 17.6 Å². The highest BCUT2D eigenvalue weighted by Gasteiger charge is 2.51. The predicted octanol–water partition coefficient (Wildman–Crippen LogP) is 21.2. The van der Waals surface area contributed by atoms with Crippen molar-refractivity contribution in [2.45, 2.75) is 10.8 Å². The number of halogens is 4. The molecule has 15 rings (SSSR count). The number of para-hydroxylation sites is 1. The van der Waals surface area contributed by atoms with Gasteiger partial charge in [-0.05, 0) is 182 Å². The summed E-state index contributed by atoms with van der Waals surface area (Å²) in [5.41, 5.74) is 8.77. The van der Waals surface area contributed by atoms with E-state index in [-0.39, 0.29) is 11.1 Å². The lowest BCUT2D eigenvalue weighted by atomic mass is 9.67. The van der Waals surface area contributed by atoms with Crippen LogP contribution in [-0.2, 0) is 10.8 Å². The first-order chi connectivity index (χ1) is 42.1. The SMILES string of the molecule is C=Cc1ccc(Oc2ccc(C3(c4c(F)cccc4F)c4ccccc4-c4ccc(N(c5ccc6c(c5)C(c5ccc(Oc7ccc(C=C)cc7)cc5)(c5c(F)cccc5F)c5ccccc5-6)c5ccc6c(c5)oc5ccccc56)cc43)cc2)cc1. The predicted molar refractivity (Wildman–Crippen MR) is 336 cm³/mol. The van der Waals surface area contributed by atoms with Gasteiger partial charge in [0.25, 0.3) is 0 Å². The molecule has 1 heterocycles. The van der Waals surface area contributed by atoms with Crippen LogP contribution in [0, 0.1) is 23.3 Å². The van der Waals surface area contributed by atoms with Crippen LogP contribution in [0.25, 0.3) is 56.3 Å². The van der Waals surface area contributed by atoms with Crippen LogP contribution in [0.5, 0.6) is 23.0 Å². The average Bonchev–Trinajstić information content (AvgIpc) is 1.58. The van der Waals surface area contributed by atoms with Crippen LogP contribution in [0.1, 0.15) is 55.6 Å². The summed E-state index contributed by atoms with van der Waals surface area (Å²) >= 11 is 0. The van der Waals surface area contributed by atoms with Crippen molar-refractivity contribution in [1.29, 1.82) is 0 Å². The quantitative estimate of drug-likeness (QED) is 0.108. The van der Waals surface area contributed by atoms with E-state index in [0.717, 1.165) is 44.2 Å². The molecule has 412 valence electrons. The van der Waals surface area contributed by atoms with Crippen LogP contribution in [0.3, 0.4) is 0 Å². The van der Waals surface area contributed by atoms with Gasteiger partial charge in [-0.1, -0.05) is 165 Å². The summed E-state index contributed by atoms with van der Waals surface area (Å²) in [6.45, 7) is 7.74. The van der Waals surface area contributed by atoms with Crippen LogP contribution >= 0.6 is 0 Å². The second kappa shape index (κ2) is 20.4. The third-order valence-corrected chi connectivity index (χ3v) is 17.1. The van der Waals surface area contributed by atoms with Gasteiger partial charge in [0.15, 0.2) is 0 Å². The molecular formula is C78H49F4NO3. The highest BCUT2D eigenvalue weighted by molar-refractivity contribution is 6.06. The van der Waals surface area contributed by atoms with Crippen molar-refractivity contribution in [1.82, 2.24) is 0 Å². The van der Waals surface area contributed by atoms with Crippen LogP contribution < -0.4 is 14.4 Å². The number of hydrogen-bond donors (Lipinski definition) is 0. The van der Waals surface area contributed by atoms with Gasteiger partial charge in [0, 0.05) is 45.0 Å². The van der Waals surface area contributed by atoms with Crippen LogP contribution in [0.2, 0.25) is 0 Å². The van der Waals surface area contributed by atoms with Crippen molar-refractivity contribution in [2.24, 2.45) is 0 Å². The Bertz CT molecular complexity index is 4570. The van der Waals surface area contributed by atoms with Crippen molar-refractivity contribution in [3.8, 4) is 45.3 Å². The number of fused-ring (bicyclic) bond motifs is 9. The Balaban J connectivity index is 0.966. The van der Waals surface area contributed by atoms with E-state index >= 15 is 17.6 Å². The minimum atomic E-state index is -1.56. The summed E-state index contributed by atoms with van der Waals surface area (Å²) in [4.78, 5) is 2.08. The molecule has 13 aromatic rings. The molecule has 0 N–H and O–H groups in total. The maximum Gasteiger partial charge on any atom is 0.137 e. The minimum absolute atomic E-state index is 0.138. The van der Waals surface area contributed by atoms with Gasteiger partial charge in [0.2, 0.25) is 0 Å². The molecule has 2 atom stereocenters. The zero-order valence-electron chi connectivity index (χ0n) is 46.1. The fourth-order valence-corrected chi connectivity index (χ4v) is 13.4. The molecule has 1 aromatic heterocycles. The van der Waals surface area contributed by atoms with Gasteiger partial charge in [0.05, 0.1) is 10.8 Å². The van der Waals surface area contributed by atoms with Gasteiger partial charge in [0.1, 0.15) is 57.4 Å². The van der Waals surface area contributed by atoms with E-state index in [1.807, 2.05) is 224 Å².